The van der Waals surface area contributed by atoms with E-state index in [4.69, 9.17) is 14.5 Å². The molecule has 4 aromatic rings. The second kappa shape index (κ2) is 13.6. The number of hydrogen-bond donors (Lipinski definition) is 0. The zero-order chi connectivity index (χ0) is 31.4. The summed E-state index contributed by atoms with van der Waals surface area (Å²) in [6, 6.07) is 17.5. The smallest absolute Gasteiger partial charge is 0.229 e. The summed E-state index contributed by atoms with van der Waals surface area (Å²) in [5, 5.41) is 5.45. The highest BCUT2D eigenvalue weighted by Crippen LogP contribution is 2.28. The van der Waals surface area contributed by atoms with Gasteiger partial charge in [0.2, 0.25) is 11.8 Å². The molecule has 1 unspecified atom stereocenters. The number of rotatable bonds is 12. The number of benzene rings is 1. The van der Waals surface area contributed by atoms with Gasteiger partial charge in [-0.3, -0.25) is 14.7 Å². The van der Waals surface area contributed by atoms with Crippen LogP contribution >= 0.6 is 0 Å². The molecule has 1 aromatic carbocycles. The lowest BCUT2D eigenvalue weighted by Crippen LogP contribution is -2.45. The van der Waals surface area contributed by atoms with Gasteiger partial charge in [0.25, 0.3) is 0 Å². The van der Waals surface area contributed by atoms with Crippen LogP contribution in [0, 0.1) is 5.92 Å². The third kappa shape index (κ3) is 7.69. The third-order valence-corrected chi connectivity index (χ3v) is 10.6. The minimum atomic E-state index is -1.13. The number of hydrogen-bond acceptors (Lipinski definition) is 7. The van der Waals surface area contributed by atoms with Crippen LogP contribution in [-0.2, 0) is 22.8 Å². The number of amides is 1. The number of pyridine rings is 2. The first-order chi connectivity index (χ1) is 21.8. The van der Waals surface area contributed by atoms with Gasteiger partial charge in [0.1, 0.15) is 12.5 Å². The Morgan fingerprint density at radius 3 is 2.60 bits per heavy atom. The molecule has 45 heavy (non-hydrogen) atoms. The van der Waals surface area contributed by atoms with Crippen molar-refractivity contribution >= 4 is 24.9 Å². The normalized spacial score (nSPS) is 18.2. The molecule has 236 valence electrons. The van der Waals surface area contributed by atoms with Crippen molar-refractivity contribution in [2.24, 2.45) is 5.92 Å². The molecule has 3 aromatic heterocycles. The highest BCUT2D eigenvalue weighted by molar-refractivity contribution is 6.76. The zero-order valence-electron chi connectivity index (χ0n) is 26.7. The number of piperidine rings is 1. The topological polar surface area (TPSA) is 85.6 Å². The van der Waals surface area contributed by atoms with Crippen LogP contribution in [0.5, 0.6) is 11.6 Å². The molecule has 0 aliphatic carbocycles. The van der Waals surface area contributed by atoms with Crippen molar-refractivity contribution in [2.45, 2.75) is 64.3 Å². The fraction of sp³-hybridized carbons (Fsp3) is 0.429. The number of ether oxygens (including phenoxy) is 2. The SMILES string of the molecule is C=CC1CCN(C2CCN(Cc3ccc4cc(Oc5ccc(-c6ccnn6COCC[Si](C)(C)C)cn5)ccc4n3)CC2)C1=O. The van der Waals surface area contributed by atoms with E-state index in [-0.39, 0.29) is 11.8 Å². The van der Waals surface area contributed by atoms with Crippen molar-refractivity contribution in [1.29, 1.82) is 0 Å². The van der Waals surface area contributed by atoms with E-state index in [9.17, 15) is 4.79 Å². The summed E-state index contributed by atoms with van der Waals surface area (Å²) < 4.78 is 13.9. The monoisotopic (exact) mass is 624 g/mol. The first-order valence-corrected chi connectivity index (χ1v) is 19.8. The zero-order valence-corrected chi connectivity index (χ0v) is 27.7. The molecule has 9 nitrogen and oxygen atoms in total. The second-order valence-electron chi connectivity index (χ2n) is 13.4. The maximum Gasteiger partial charge on any atom is 0.229 e. The highest BCUT2D eigenvalue weighted by Gasteiger charge is 2.35. The molecule has 10 heteroatoms. The van der Waals surface area contributed by atoms with Gasteiger partial charge in [-0.05, 0) is 61.7 Å². The molecule has 0 spiro atoms. The standard InChI is InChI=1S/C35H44N6O3Si/c1-5-26-13-19-40(35(26)42)30-14-17-39(18-15-30)24-29-8-6-27-22-31(9-10-32(27)38-29)44-34-11-7-28(23-36-34)33-12-16-37-41(33)25-43-20-21-45(2,3)4/h5-12,16,22-23,26,30H,1,13-15,17-21,24-25H2,2-4H3. The Labute approximate surface area is 266 Å². The minimum Gasteiger partial charge on any atom is -0.439 e. The van der Waals surface area contributed by atoms with Crippen LogP contribution in [0.15, 0.2) is 73.6 Å². The first kappa shape index (κ1) is 31.1. The Morgan fingerprint density at radius 2 is 1.87 bits per heavy atom. The molecular weight excluding hydrogens is 581 g/mol. The van der Waals surface area contributed by atoms with Crippen LogP contribution in [-0.4, -0.2) is 75.8 Å². The molecular formula is C35H44N6O3Si. The van der Waals surface area contributed by atoms with Gasteiger partial charge in [0, 0.05) is 76.3 Å². The number of aromatic nitrogens is 4. The average molecular weight is 625 g/mol. The molecule has 0 bridgehead atoms. The maximum absolute atomic E-state index is 12.6. The first-order valence-electron chi connectivity index (χ1n) is 16.0. The van der Waals surface area contributed by atoms with Gasteiger partial charge in [-0.2, -0.15) is 5.10 Å². The van der Waals surface area contributed by atoms with Gasteiger partial charge < -0.3 is 14.4 Å². The Balaban J connectivity index is 1.02. The number of likely N-dealkylation sites (tertiary alicyclic amines) is 2. The van der Waals surface area contributed by atoms with Crippen LogP contribution < -0.4 is 4.74 Å². The Morgan fingerprint density at radius 1 is 1.02 bits per heavy atom. The molecule has 1 atom stereocenters. The van der Waals surface area contributed by atoms with E-state index in [0.29, 0.717) is 18.7 Å². The van der Waals surface area contributed by atoms with Gasteiger partial charge in [0.15, 0.2) is 0 Å². The summed E-state index contributed by atoms with van der Waals surface area (Å²) in [4.78, 5) is 26.6. The fourth-order valence-corrected chi connectivity index (χ4v) is 6.90. The van der Waals surface area contributed by atoms with E-state index in [0.717, 1.165) is 91.7 Å². The van der Waals surface area contributed by atoms with Gasteiger partial charge in [-0.15, -0.1) is 6.58 Å². The largest absolute Gasteiger partial charge is 0.439 e. The van der Waals surface area contributed by atoms with E-state index in [1.165, 1.54) is 0 Å². The van der Waals surface area contributed by atoms with Crippen LogP contribution in [0.4, 0.5) is 0 Å². The molecule has 0 saturated carbocycles. The molecule has 0 radical (unpaired) electrons. The van der Waals surface area contributed by atoms with Gasteiger partial charge >= 0.3 is 0 Å². The molecule has 5 heterocycles. The molecule has 2 aliphatic heterocycles. The summed E-state index contributed by atoms with van der Waals surface area (Å²) in [6.07, 6.45) is 8.32. The highest BCUT2D eigenvalue weighted by atomic mass is 28.3. The van der Waals surface area contributed by atoms with Crippen molar-refractivity contribution in [3.63, 3.8) is 0 Å². The number of nitrogens with zero attached hydrogens (tertiary/aromatic N) is 6. The summed E-state index contributed by atoms with van der Waals surface area (Å²) in [6.45, 7) is 15.7. The van der Waals surface area contributed by atoms with Gasteiger partial charge in [-0.25, -0.2) is 9.67 Å². The number of fused-ring (bicyclic) bond motifs is 1. The predicted molar refractivity (Wildman–Crippen MR) is 180 cm³/mol. The van der Waals surface area contributed by atoms with Crippen molar-refractivity contribution in [2.75, 3.05) is 26.2 Å². The van der Waals surface area contributed by atoms with Crippen LogP contribution in [0.2, 0.25) is 25.7 Å². The lowest BCUT2D eigenvalue weighted by Gasteiger charge is -2.36. The van der Waals surface area contributed by atoms with E-state index >= 15 is 0 Å². The number of carbonyl (C=O) groups is 1. The van der Waals surface area contributed by atoms with Crippen LogP contribution in [0.25, 0.3) is 22.2 Å². The predicted octanol–water partition coefficient (Wildman–Crippen LogP) is 6.60. The Kier molecular flexibility index (Phi) is 9.44. The van der Waals surface area contributed by atoms with E-state index in [1.54, 1.807) is 12.3 Å². The summed E-state index contributed by atoms with van der Waals surface area (Å²) >= 11 is 0. The molecule has 6 rings (SSSR count). The van der Waals surface area contributed by atoms with Crippen molar-refractivity contribution in [3.05, 3.63) is 79.3 Å². The maximum atomic E-state index is 12.6. The van der Waals surface area contributed by atoms with Gasteiger partial charge in [0.05, 0.1) is 22.8 Å². The van der Waals surface area contributed by atoms with Crippen molar-refractivity contribution in [1.82, 2.24) is 29.5 Å². The average Bonchev–Trinajstić information content (AvgIpc) is 3.66. The minimum absolute atomic E-state index is 0.00369. The Bertz CT molecular complexity index is 1620. The van der Waals surface area contributed by atoms with Crippen molar-refractivity contribution < 1.29 is 14.3 Å². The molecule has 2 aliphatic rings. The molecule has 0 N–H and O–H groups in total. The van der Waals surface area contributed by atoms with Crippen LogP contribution in [0.3, 0.4) is 0 Å². The summed E-state index contributed by atoms with van der Waals surface area (Å²) in [5.74, 6) is 1.51. The lowest BCUT2D eigenvalue weighted by atomic mass is 10.0. The van der Waals surface area contributed by atoms with E-state index in [1.807, 2.05) is 47.3 Å². The van der Waals surface area contributed by atoms with Crippen LogP contribution in [0.1, 0.15) is 25.0 Å². The molecule has 2 fully saturated rings. The Hall–Kier alpha value is -3.86. The second-order valence-corrected chi connectivity index (χ2v) is 19.0. The fourth-order valence-electron chi connectivity index (χ4n) is 6.14. The third-order valence-electron chi connectivity index (χ3n) is 8.85. The van der Waals surface area contributed by atoms with E-state index < -0.39 is 8.07 Å². The molecule has 1 amide bonds. The van der Waals surface area contributed by atoms with Gasteiger partial charge in [-0.1, -0.05) is 31.8 Å². The van der Waals surface area contributed by atoms with E-state index in [2.05, 4.69) is 58.2 Å². The summed E-state index contributed by atoms with van der Waals surface area (Å²) in [5.41, 5.74) is 3.91. The number of carbonyl (C=O) groups excluding carboxylic acids is 1. The quantitative estimate of drug-likeness (QED) is 0.0998. The molecule has 2 saturated heterocycles. The summed E-state index contributed by atoms with van der Waals surface area (Å²) in [7, 11) is -1.13. The van der Waals surface area contributed by atoms with Crippen molar-refractivity contribution in [3.8, 4) is 22.9 Å². The lowest BCUT2D eigenvalue weighted by molar-refractivity contribution is -0.132.